The van der Waals surface area contributed by atoms with Gasteiger partial charge in [0, 0.05) is 11.4 Å². The third-order valence-electron chi connectivity index (χ3n) is 4.76. The van der Waals surface area contributed by atoms with E-state index in [-0.39, 0.29) is 12.4 Å². The molecule has 2 N–H and O–H groups in total. The number of ether oxygens (including phenoxy) is 2. The molecular weight excluding hydrogens is 472 g/mol. The Morgan fingerprint density at radius 2 is 1.85 bits per heavy atom. The minimum absolute atomic E-state index is 0.241. The van der Waals surface area contributed by atoms with E-state index in [1.54, 1.807) is 0 Å². The minimum Gasteiger partial charge on any atom is -0.491 e. The molecule has 0 saturated carbocycles. The Bertz CT molecular complexity index is 1070. The molecule has 0 bridgehead atoms. The number of aliphatic hydroxyl groups excluding tert-OH is 1. The first-order chi connectivity index (χ1) is 15.9. The van der Waals surface area contributed by atoms with Gasteiger partial charge in [-0.25, -0.2) is 0 Å². The molecule has 0 aromatic heterocycles. The van der Waals surface area contributed by atoms with Crippen molar-refractivity contribution in [1.82, 2.24) is 0 Å². The fourth-order valence-corrected chi connectivity index (χ4v) is 3.27. The van der Waals surface area contributed by atoms with Crippen LogP contribution in [0.4, 0.5) is 37.7 Å². The van der Waals surface area contributed by atoms with Crippen LogP contribution in [0.15, 0.2) is 42.5 Å². The molecular formula is C21H17F6N3O4. The van der Waals surface area contributed by atoms with E-state index in [1.165, 1.54) is 30.3 Å². The smallest absolute Gasteiger partial charge is 0.433 e. The molecule has 0 radical (unpaired) electrons. The molecule has 34 heavy (non-hydrogen) atoms. The Morgan fingerprint density at radius 3 is 2.41 bits per heavy atom. The Hall–Kier alpha value is -3.50. The SMILES string of the molecule is N#Cc1ccc(N2C[C@@H](COc3ccc(NC(=O)CO)cc3)O[C@@H]2C(F)(F)F)cc1C(F)(F)F. The second-order valence-corrected chi connectivity index (χ2v) is 7.19. The number of carbonyl (C=O) groups excluding carboxylic acids is 1. The molecule has 1 aliphatic rings. The van der Waals surface area contributed by atoms with Gasteiger partial charge in [0.15, 0.2) is 0 Å². The highest BCUT2D eigenvalue weighted by Gasteiger charge is 2.51. The van der Waals surface area contributed by atoms with Gasteiger partial charge in [-0.1, -0.05) is 0 Å². The number of benzene rings is 2. The fourth-order valence-electron chi connectivity index (χ4n) is 3.27. The number of hydrogen-bond donors (Lipinski definition) is 2. The maximum absolute atomic E-state index is 13.6. The van der Waals surface area contributed by atoms with Crippen LogP contribution in [0.3, 0.4) is 0 Å². The molecule has 3 rings (SSSR count). The molecule has 2 aromatic carbocycles. The summed E-state index contributed by atoms with van der Waals surface area (Å²) in [4.78, 5) is 11.8. The lowest BCUT2D eigenvalue weighted by Gasteiger charge is -2.27. The first kappa shape index (κ1) is 25.1. The largest absolute Gasteiger partial charge is 0.491 e. The molecule has 13 heteroatoms. The van der Waals surface area contributed by atoms with Crippen molar-refractivity contribution in [2.45, 2.75) is 24.7 Å². The van der Waals surface area contributed by atoms with Gasteiger partial charge in [-0.3, -0.25) is 4.79 Å². The van der Waals surface area contributed by atoms with E-state index in [9.17, 15) is 31.1 Å². The number of nitrogens with zero attached hydrogens (tertiary/aromatic N) is 2. The Kier molecular flexibility index (Phi) is 7.23. The van der Waals surface area contributed by atoms with E-state index in [1.807, 2.05) is 0 Å². The zero-order valence-electron chi connectivity index (χ0n) is 17.2. The van der Waals surface area contributed by atoms with Crippen LogP contribution >= 0.6 is 0 Å². The van der Waals surface area contributed by atoms with Crippen molar-refractivity contribution in [1.29, 1.82) is 5.26 Å². The molecule has 1 amide bonds. The monoisotopic (exact) mass is 489 g/mol. The van der Waals surface area contributed by atoms with E-state index in [4.69, 9.17) is 19.8 Å². The van der Waals surface area contributed by atoms with Gasteiger partial charge in [-0.15, -0.1) is 0 Å². The molecule has 182 valence electrons. The van der Waals surface area contributed by atoms with Crippen LogP contribution in [0, 0.1) is 11.3 Å². The first-order valence-electron chi connectivity index (χ1n) is 9.66. The summed E-state index contributed by atoms with van der Waals surface area (Å²) < 4.78 is 90.9. The number of aliphatic hydroxyl groups is 1. The predicted octanol–water partition coefficient (Wildman–Crippen LogP) is 3.68. The molecule has 0 aliphatic carbocycles. The van der Waals surface area contributed by atoms with Crippen molar-refractivity contribution in [3.63, 3.8) is 0 Å². The number of anilines is 2. The third kappa shape index (κ3) is 5.89. The van der Waals surface area contributed by atoms with E-state index < -0.39 is 60.6 Å². The van der Waals surface area contributed by atoms with E-state index in [0.717, 1.165) is 12.1 Å². The molecule has 1 aliphatic heterocycles. The van der Waals surface area contributed by atoms with Crippen molar-refractivity contribution in [2.24, 2.45) is 0 Å². The number of nitriles is 1. The van der Waals surface area contributed by atoms with Crippen LogP contribution in [0.25, 0.3) is 0 Å². The minimum atomic E-state index is -4.93. The lowest BCUT2D eigenvalue weighted by atomic mass is 10.1. The summed E-state index contributed by atoms with van der Waals surface area (Å²) >= 11 is 0. The highest BCUT2D eigenvalue weighted by atomic mass is 19.4. The van der Waals surface area contributed by atoms with Gasteiger partial charge in [0.1, 0.15) is 25.1 Å². The van der Waals surface area contributed by atoms with Crippen molar-refractivity contribution in [2.75, 3.05) is 30.0 Å². The van der Waals surface area contributed by atoms with Crippen molar-refractivity contribution in [3.05, 3.63) is 53.6 Å². The molecule has 0 spiro atoms. The first-order valence-corrected chi connectivity index (χ1v) is 9.66. The van der Waals surface area contributed by atoms with Crippen molar-refractivity contribution in [3.8, 4) is 11.8 Å². The molecule has 2 atom stereocenters. The molecule has 7 nitrogen and oxygen atoms in total. The van der Waals surface area contributed by atoms with Gasteiger partial charge >= 0.3 is 12.4 Å². The maximum Gasteiger partial charge on any atom is 0.433 e. The molecule has 0 unspecified atom stereocenters. The van der Waals surface area contributed by atoms with Gasteiger partial charge in [-0.2, -0.15) is 31.6 Å². The summed E-state index contributed by atoms with van der Waals surface area (Å²) in [5.74, 6) is -0.395. The number of amides is 1. The number of alkyl halides is 6. The number of carbonyl (C=O) groups is 1. The molecule has 1 heterocycles. The summed E-state index contributed by atoms with van der Waals surface area (Å²) in [5, 5.41) is 20.0. The van der Waals surface area contributed by atoms with E-state index in [0.29, 0.717) is 16.7 Å². The van der Waals surface area contributed by atoms with Gasteiger partial charge in [0.05, 0.1) is 23.7 Å². The predicted molar refractivity (Wildman–Crippen MR) is 106 cm³/mol. The number of rotatable bonds is 6. The lowest BCUT2D eigenvalue weighted by Crippen LogP contribution is -2.42. The zero-order valence-corrected chi connectivity index (χ0v) is 17.2. The highest BCUT2D eigenvalue weighted by molar-refractivity contribution is 5.91. The maximum atomic E-state index is 13.6. The lowest BCUT2D eigenvalue weighted by molar-refractivity contribution is -0.215. The summed E-state index contributed by atoms with van der Waals surface area (Å²) in [6, 6.07) is 9.42. The zero-order chi connectivity index (χ0) is 25.1. The van der Waals surface area contributed by atoms with Crippen LogP contribution in [0.2, 0.25) is 0 Å². The summed E-state index contributed by atoms with van der Waals surface area (Å²) in [6.07, 6.45) is -13.5. The van der Waals surface area contributed by atoms with Crippen LogP contribution < -0.4 is 15.0 Å². The fraction of sp³-hybridized carbons (Fsp3) is 0.333. The average Bonchev–Trinajstić information content (AvgIpc) is 3.22. The van der Waals surface area contributed by atoms with Crippen molar-refractivity contribution < 1.29 is 45.7 Å². The van der Waals surface area contributed by atoms with Crippen molar-refractivity contribution >= 4 is 17.3 Å². The average molecular weight is 489 g/mol. The van der Waals surface area contributed by atoms with E-state index in [2.05, 4.69) is 5.32 Å². The Morgan fingerprint density at radius 1 is 1.18 bits per heavy atom. The van der Waals surface area contributed by atoms with Gasteiger partial charge in [0.25, 0.3) is 0 Å². The van der Waals surface area contributed by atoms with Crippen LogP contribution in [0.5, 0.6) is 5.75 Å². The number of nitrogens with one attached hydrogen (secondary N) is 1. The molecule has 1 saturated heterocycles. The Labute approximate surface area is 189 Å². The number of halogens is 6. The van der Waals surface area contributed by atoms with Gasteiger partial charge in [0.2, 0.25) is 12.1 Å². The molecule has 2 aromatic rings. The van der Waals surface area contributed by atoms with Gasteiger partial charge in [-0.05, 0) is 42.5 Å². The second-order valence-electron chi connectivity index (χ2n) is 7.19. The quantitative estimate of drug-likeness (QED) is 0.602. The Balaban J connectivity index is 1.75. The van der Waals surface area contributed by atoms with Gasteiger partial charge < -0.3 is 24.8 Å². The standard InChI is InChI=1S/C21H17F6N3O4/c22-20(23,24)17-7-14(4-1-12(17)8-28)30-9-16(34-19(30)21(25,26)27)11-33-15-5-2-13(3-6-15)29-18(32)10-31/h1-7,16,19,31H,9-11H2,(H,29,32)/t16-,19+/m0/s1. The summed E-state index contributed by atoms with van der Waals surface area (Å²) in [6.45, 7) is -1.47. The van der Waals surface area contributed by atoms with E-state index >= 15 is 0 Å². The second kappa shape index (κ2) is 9.78. The highest BCUT2D eigenvalue weighted by Crippen LogP contribution is 2.39. The summed E-state index contributed by atoms with van der Waals surface area (Å²) in [5.41, 5.74) is -2.10. The normalized spacial score (nSPS) is 18.5. The number of hydrogen-bond acceptors (Lipinski definition) is 6. The summed E-state index contributed by atoms with van der Waals surface area (Å²) in [7, 11) is 0. The topological polar surface area (TPSA) is 94.8 Å². The third-order valence-corrected chi connectivity index (χ3v) is 4.76. The van der Waals surface area contributed by atoms with Crippen LogP contribution in [0.1, 0.15) is 11.1 Å². The van der Waals surface area contributed by atoms with Crippen LogP contribution in [-0.2, 0) is 15.7 Å². The van der Waals surface area contributed by atoms with Crippen LogP contribution in [-0.4, -0.2) is 49.3 Å². The molecule has 1 fully saturated rings.